The summed E-state index contributed by atoms with van der Waals surface area (Å²) < 4.78 is 1.73. The summed E-state index contributed by atoms with van der Waals surface area (Å²) in [6.07, 6.45) is 9.69. The summed E-state index contributed by atoms with van der Waals surface area (Å²) in [4.78, 5) is 0. The fourth-order valence-electron chi connectivity index (χ4n) is 0.882. The van der Waals surface area contributed by atoms with Crippen LogP contribution < -0.4 is 5.73 Å². The lowest BCUT2D eigenvalue weighted by Gasteiger charge is -1.90. The van der Waals surface area contributed by atoms with E-state index in [1.807, 2.05) is 6.20 Å². The van der Waals surface area contributed by atoms with E-state index in [4.69, 9.17) is 12.2 Å². The zero-order valence-electron chi connectivity index (χ0n) is 6.33. The normalized spacial score (nSPS) is 9.45. The fourth-order valence-corrected chi connectivity index (χ4v) is 0.882. The number of terminal acetylenes is 1. The summed E-state index contributed by atoms with van der Waals surface area (Å²) in [6.45, 7) is 1.19. The molecule has 3 heteroatoms. The van der Waals surface area contributed by atoms with Crippen molar-refractivity contribution in [2.45, 2.75) is 13.0 Å². The van der Waals surface area contributed by atoms with E-state index in [1.165, 1.54) is 0 Å². The molecule has 0 fully saturated rings. The van der Waals surface area contributed by atoms with Gasteiger partial charge in [-0.3, -0.25) is 4.68 Å². The van der Waals surface area contributed by atoms with Crippen molar-refractivity contribution in [1.82, 2.24) is 9.78 Å². The van der Waals surface area contributed by atoms with Gasteiger partial charge in [0.2, 0.25) is 0 Å². The van der Waals surface area contributed by atoms with E-state index >= 15 is 0 Å². The summed E-state index contributed by atoms with van der Waals surface area (Å²) in [5, 5.41) is 4.04. The van der Waals surface area contributed by atoms with Crippen LogP contribution in [0.5, 0.6) is 0 Å². The Hall–Kier alpha value is -1.27. The second-order valence-corrected chi connectivity index (χ2v) is 2.29. The van der Waals surface area contributed by atoms with Gasteiger partial charge < -0.3 is 5.73 Å². The molecular weight excluding hydrogens is 138 g/mol. The van der Waals surface area contributed by atoms with E-state index in [2.05, 4.69) is 11.0 Å². The third kappa shape index (κ3) is 2.10. The Morgan fingerprint density at radius 1 is 1.73 bits per heavy atom. The van der Waals surface area contributed by atoms with Crippen LogP contribution in [0.3, 0.4) is 0 Å². The Morgan fingerprint density at radius 2 is 2.55 bits per heavy atom. The number of rotatable bonds is 3. The summed E-state index contributed by atoms with van der Waals surface area (Å²) in [5.74, 6) is 2.51. The minimum absolute atomic E-state index is 0.532. The summed E-state index contributed by atoms with van der Waals surface area (Å²) in [5.41, 5.74) is 6.51. The van der Waals surface area contributed by atoms with Crippen molar-refractivity contribution in [2.75, 3.05) is 6.54 Å². The highest BCUT2D eigenvalue weighted by atomic mass is 15.3. The molecule has 58 valence electrons. The van der Waals surface area contributed by atoms with Crippen LogP contribution in [0.1, 0.15) is 5.56 Å². The highest BCUT2D eigenvalue weighted by molar-refractivity contribution is 5.05. The Morgan fingerprint density at radius 3 is 3.18 bits per heavy atom. The van der Waals surface area contributed by atoms with E-state index in [1.54, 1.807) is 10.9 Å². The Balaban J connectivity index is 2.60. The largest absolute Gasteiger partial charge is 0.330 e. The van der Waals surface area contributed by atoms with Gasteiger partial charge in [0.1, 0.15) is 6.54 Å². The number of nitrogens with zero attached hydrogens (tertiary/aromatic N) is 2. The van der Waals surface area contributed by atoms with Crippen LogP contribution in [0.25, 0.3) is 0 Å². The van der Waals surface area contributed by atoms with Gasteiger partial charge in [-0.05, 0) is 18.5 Å². The SMILES string of the molecule is C#CCn1cc(CCN)cn1. The first-order valence-electron chi connectivity index (χ1n) is 3.51. The highest BCUT2D eigenvalue weighted by Gasteiger charge is 1.94. The highest BCUT2D eigenvalue weighted by Crippen LogP contribution is 1.96. The molecule has 11 heavy (non-hydrogen) atoms. The minimum atomic E-state index is 0.532. The molecule has 1 aromatic heterocycles. The quantitative estimate of drug-likeness (QED) is 0.615. The van der Waals surface area contributed by atoms with Crippen molar-refractivity contribution in [2.24, 2.45) is 5.73 Å². The van der Waals surface area contributed by atoms with E-state index in [9.17, 15) is 0 Å². The Kier molecular flexibility index (Phi) is 2.70. The molecule has 0 aliphatic heterocycles. The molecule has 0 spiro atoms. The van der Waals surface area contributed by atoms with Gasteiger partial charge in [-0.25, -0.2) is 0 Å². The standard InChI is InChI=1S/C8H11N3/c1-2-5-11-7-8(3-4-9)6-10-11/h1,6-7H,3-5,9H2. The molecule has 1 rings (SSSR count). The first kappa shape index (κ1) is 7.83. The molecule has 1 aromatic rings. The third-order valence-electron chi connectivity index (χ3n) is 1.37. The van der Waals surface area contributed by atoms with Crippen molar-refractivity contribution in [3.05, 3.63) is 18.0 Å². The summed E-state index contributed by atoms with van der Waals surface area (Å²) in [6, 6.07) is 0. The fraction of sp³-hybridized carbons (Fsp3) is 0.375. The maximum Gasteiger partial charge on any atom is 0.101 e. The zero-order chi connectivity index (χ0) is 8.10. The first-order valence-corrected chi connectivity index (χ1v) is 3.51. The third-order valence-corrected chi connectivity index (χ3v) is 1.37. The van der Waals surface area contributed by atoms with Crippen LogP contribution >= 0.6 is 0 Å². The van der Waals surface area contributed by atoms with Crippen molar-refractivity contribution in [1.29, 1.82) is 0 Å². The van der Waals surface area contributed by atoms with Gasteiger partial charge >= 0.3 is 0 Å². The summed E-state index contributed by atoms with van der Waals surface area (Å²) in [7, 11) is 0. The maximum absolute atomic E-state index is 5.37. The zero-order valence-corrected chi connectivity index (χ0v) is 6.33. The van der Waals surface area contributed by atoms with Gasteiger partial charge in [0.25, 0.3) is 0 Å². The van der Waals surface area contributed by atoms with Crippen molar-refractivity contribution >= 4 is 0 Å². The van der Waals surface area contributed by atoms with Crippen LogP contribution in [0, 0.1) is 12.3 Å². The molecule has 0 aliphatic rings. The lowest BCUT2D eigenvalue weighted by atomic mass is 10.3. The van der Waals surface area contributed by atoms with Gasteiger partial charge in [-0.2, -0.15) is 5.10 Å². The van der Waals surface area contributed by atoms with E-state index in [0.717, 1.165) is 12.0 Å². The lowest BCUT2D eigenvalue weighted by molar-refractivity contribution is 0.714. The number of hydrogen-bond acceptors (Lipinski definition) is 2. The van der Waals surface area contributed by atoms with Crippen molar-refractivity contribution in [3.8, 4) is 12.3 Å². The monoisotopic (exact) mass is 149 g/mol. The average molecular weight is 149 g/mol. The molecule has 0 amide bonds. The Labute approximate surface area is 66.2 Å². The van der Waals surface area contributed by atoms with Crippen LogP contribution in [0.4, 0.5) is 0 Å². The van der Waals surface area contributed by atoms with Gasteiger partial charge in [0.05, 0.1) is 6.20 Å². The topological polar surface area (TPSA) is 43.8 Å². The molecule has 1 heterocycles. The van der Waals surface area contributed by atoms with Crippen LogP contribution in [-0.4, -0.2) is 16.3 Å². The molecule has 0 aliphatic carbocycles. The second kappa shape index (κ2) is 3.79. The molecule has 0 saturated carbocycles. The second-order valence-electron chi connectivity index (χ2n) is 2.29. The lowest BCUT2D eigenvalue weighted by Crippen LogP contribution is -2.01. The molecule has 0 atom stereocenters. The molecular formula is C8H11N3. The predicted octanol–water partition coefficient (Wildman–Crippen LogP) is 0.0175. The maximum atomic E-state index is 5.37. The van der Waals surface area contributed by atoms with E-state index in [0.29, 0.717) is 13.1 Å². The van der Waals surface area contributed by atoms with Crippen LogP contribution in [0.2, 0.25) is 0 Å². The molecule has 0 aromatic carbocycles. The van der Waals surface area contributed by atoms with Crippen LogP contribution in [-0.2, 0) is 13.0 Å². The van der Waals surface area contributed by atoms with Crippen LogP contribution in [0.15, 0.2) is 12.4 Å². The number of hydrogen-bond donors (Lipinski definition) is 1. The molecule has 3 nitrogen and oxygen atoms in total. The van der Waals surface area contributed by atoms with Gasteiger partial charge in [-0.15, -0.1) is 6.42 Å². The van der Waals surface area contributed by atoms with E-state index < -0.39 is 0 Å². The number of aromatic nitrogens is 2. The van der Waals surface area contributed by atoms with Crippen molar-refractivity contribution < 1.29 is 0 Å². The van der Waals surface area contributed by atoms with Gasteiger partial charge in [0.15, 0.2) is 0 Å². The molecule has 0 unspecified atom stereocenters. The minimum Gasteiger partial charge on any atom is -0.330 e. The summed E-state index contributed by atoms with van der Waals surface area (Å²) >= 11 is 0. The van der Waals surface area contributed by atoms with Gasteiger partial charge in [0, 0.05) is 6.20 Å². The average Bonchev–Trinajstić information content (AvgIpc) is 2.38. The molecule has 0 bridgehead atoms. The molecule has 0 saturated heterocycles. The predicted molar refractivity (Wildman–Crippen MR) is 43.8 cm³/mol. The molecule has 2 N–H and O–H groups in total. The van der Waals surface area contributed by atoms with E-state index in [-0.39, 0.29) is 0 Å². The smallest absolute Gasteiger partial charge is 0.101 e. The van der Waals surface area contributed by atoms with Crippen molar-refractivity contribution in [3.63, 3.8) is 0 Å². The first-order chi connectivity index (χ1) is 5.36. The Bertz CT molecular complexity index is 257. The number of nitrogens with two attached hydrogens (primary N) is 1. The van der Waals surface area contributed by atoms with Gasteiger partial charge in [-0.1, -0.05) is 5.92 Å². The molecule has 0 radical (unpaired) electrons.